The van der Waals surface area contributed by atoms with Gasteiger partial charge in [0.2, 0.25) is 0 Å². The van der Waals surface area contributed by atoms with E-state index in [1.165, 1.54) is 6.92 Å². The molecule has 0 aliphatic carbocycles. The Morgan fingerprint density at radius 3 is 2.28 bits per heavy atom. The van der Waals surface area contributed by atoms with Crippen molar-refractivity contribution in [2.24, 2.45) is 0 Å². The van der Waals surface area contributed by atoms with Crippen molar-refractivity contribution in [3.8, 4) is 0 Å². The molecule has 0 saturated carbocycles. The van der Waals surface area contributed by atoms with Gasteiger partial charge in [-0.15, -0.1) is 0 Å². The van der Waals surface area contributed by atoms with E-state index in [2.05, 4.69) is 4.90 Å². The van der Waals surface area contributed by atoms with Crippen LogP contribution in [-0.4, -0.2) is 48.7 Å². The zero-order chi connectivity index (χ0) is 18.9. The second-order valence-electron chi connectivity index (χ2n) is 6.69. The van der Waals surface area contributed by atoms with Gasteiger partial charge in [0.15, 0.2) is 0 Å². The molecule has 0 aromatic heterocycles. The third-order valence-corrected chi connectivity index (χ3v) is 5.10. The van der Waals surface area contributed by atoms with Gasteiger partial charge in [-0.05, 0) is 70.9 Å². The minimum absolute atomic E-state index is 0.107. The summed E-state index contributed by atoms with van der Waals surface area (Å²) in [6.07, 6.45) is -2.88. The first-order chi connectivity index (χ1) is 11.6. The number of anilines is 1. The van der Waals surface area contributed by atoms with Crippen LogP contribution in [0.15, 0.2) is 6.07 Å². The molecule has 0 amide bonds. The van der Waals surface area contributed by atoms with Crippen molar-refractivity contribution in [3.63, 3.8) is 0 Å². The first-order valence-electron chi connectivity index (χ1n) is 8.47. The van der Waals surface area contributed by atoms with E-state index in [1.54, 1.807) is 6.92 Å². The minimum atomic E-state index is -4.58. The number of piperidine rings is 1. The lowest BCUT2D eigenvalue weighted by Crippen LogP contribution is -2.44. The number of alkyl halides is 3. The van der Waals surface area contributed by atoms with E-state index in [-0.39, 0.29) is 17.2 Å². The van der Waals surface area contributed by atoms with Crippen molar-refractivity contribution < 1.29 is 23.1 Å². The van der Waals surface area contributed by atoms with Crippen LogP contribution in [0.3, 0.4) is 0 Å². The van der Waals surface area contributed by atoms with Crippen molar-refractivity contribution in [2.75, 3.05) is 31.6 Å². The van der Waals surface area contributed by atoms with Gasteiger partial charge in [0.1, 0.15) is 0 Å². The Hall–Kier alpha value is -1.76. The summed E-state index contributed by atoms with van der Waals surface area (Å²) in [7, 11) is 2.02. The molecule has 0 radical (unpaired) electrons. The summed E-state index contributed by atoms with van der Waals surface area (Å²) in [5, 5.41) is 9.38. The Morgan fingerprint density at radius 2 is 1.84 bits per heavy atom. The highest BCUT2D eigenvalue weighted by Crippen LogP contribution is 2.40. The number of carboxylic acid groups (broad SMARTS) is 1. The molecular weight excluding hydrogens is 333 g/mol. The third-order valence-electron chi connectivity index (χ3n) is 5.10. The van der Waals surface area contributed by atoms with Crippen LogP contribution in [0.25, 0.3) is 0 Å². The molecule has 0 atom stereocenters. The van der Waals surface area contributed by atoms with Crippen molar-refractivity contribution >= 4 is 11.7 Å². The maximum atomic E-state index is 13.4. The second kappa shape index (κ2) is 7.23. The Labute approximate surface area is 146 Å². The van der Waals surface area contributed by atoms with Crippen LogP contribution < -0.4 is 4.90 Å². The van der Waals surface area contributed by atoms with Gasteiger partial charge in [-0.3, -0.25) is 0 Å². The van der Waals surface area contributed by atoms with Crippen LogP contribution in [0, 0.1) is 13.8 Å². The number of hydrogen-bond acceptors (Lipinski definition) is 3. The molecule has 25 heavy (non-hydrogen) atoms. The summed E-state index contributed by atoms with van der Waals surface area (Å²) < 4.78 is 40.3. The summed E-state index contributed by atoms with van der Waals surface area (Å²) in [5.41, 5.74) is -0.213. The summed E-state index contributed by atoms with van der Waals surface area (Å²) in [4.78, 5) is 15.7. The molecule has 0 spiro atoms. The number of carbonyl (C=O) groups is 1. The first kappa shape index (κ1) is 19.6. The monoisotopic (exact) mass is 358 g/mol. The molecule has 0 unspecified atom stereocenters. The van der Waals surface area contributed by atoms with Crippen LogP contribution >= 0.6 is 0 Å². The van der Waals surface area contributed by atoms with Gasteiger partial charge in [-0.25, -0.2) is 4.79 Å². The van der Waals surface area contributed by atoms with Crippen molar-refractivity contribution in [2.45, 2.75) is 45.8 Å². The molecule has 1 heterocycles. The van der Waals surface area contributed by atoms with Crippen molar-refractivity contribution in [1.29, 1.82) is 0 Å². The molecule has 7 heteroatoms. The summed E-state index contributed by atoms with van der Waals surface area (Å²) in [6.45, 7) is 7.24. The topological polar surface area (TPSA) is 43.8 Å². The highest BCUT2D eigenvalue weighted by molar-refractivity contribution is 5.92. The molecule has 0 bridgehead atoms. The summed E-state index contributed by atoms with van der Waals surface area (Å²) >= 11 is 0. The SMILES string of the molecule is CCN(c1c(C)c(C(=O)O)cc(C(F)(F)F)c1C)C1CCN(C)CC1. The van der Waals surface area contributed by atoms with E-state index in [0.717, 1.165) is 32.0 Å². The second-order valence-corrected chi connectivity index (χ2v) is 6.69. The van der Waals surface area contributed by atoms with Crippen LogP contribution in [0.5, 0.6) is 0 Å². The van der Waals surface area contributed by atoms with Gasteiger partial charge in [-0.2, -0.15) is 13.2 Å². The van der Waals surface area contributed by atoms with Crippen LogP contribution in [0.2, 0.25) is 0 Å². The lowest BCUT2D eigenvalue weighted by Gasteiger charge is -2.40. The van der Waals surface area contributed by atoms with Crippen LogP contribution in [0.4, 0.5) is 18.9 Å². The molecule has 1 aliphatic heterocycles. The average Bonchev–Trinajstić information content (AvgIpc) is 2.51. The molecule has 1 saturated heterocycles. The van der Waals surface area contributed by atoms with E-state index < -0.39 is 17.7 Å². The standard InChI is InChI=1S/C18H25F3N2O2/c1-5-23(13-6-8-22(4)9-7-13)16-11(2)14(17(24)25)10-15(12(16)3)18(19,20)21/h10,13H,5-9H2,1-4H3,(H,24,25). The molecule has 1 aliphatic rings. The van der Waals surface area contributed by atoms with Gasteiger partial charge in [0, 0.05) is 18.3 Å². The number of nitrogens with zero attached hydrogens (tertiary/aromatic N) is 2. The summed E-state index contributed by atoms with van der Waals surface area (Å²) in [5.74, 6) is -1.33. The first-order valence-corrected chi connectivity index (χ1v) is 8.47. The van der Waals surface area contributed by atoms with E-state index in [9.17, 15) is 23.1 Å². The maximum absolute atomic E-state index is 13.4. The average molecular weight is 358 g/mol. The molecule has 1 N–H and O–H groups in total. The van der Waals surface area contributed by atoms with Crippen molar-refractivity contribution in [1.82, 2.24) is 4.90 Å². The number of carboxylic acids is 1. The predicted octanol–water partition coefficient (Wildman–Crippen LogP) is 3.94. The van der Waals surface area contributed by atoms with Gasteiger partial charge in [-0.1, -0.05) is 0 Å². The Bertz CT molecular complexity index is 651. The fraction of sp³-hybridized carbons (Fsp3) is 0.611. The third kappa shape index (κ3) is 3.92. The Morgan fingerprint density at radius 1 is 1.28 bits per heavy atom. The highest BCUT2D eigenvalue weighted by Gasteiger charge is 2.37. The smallest absolute Gasteiger partial charge is 0.416 e. The highest BCUT2D eigenvalue weighted by atomic mass is 19.4. The zero-order valence-corrected chi connectivity index (χ0v) is 15.1. The fourth-order valence-electron chi connectivity index (χ4n) is 3.75. The predicted molar refractivity (Wildman–Crippen MR) is 91.4 cm³/mol. The molecule has 1 fully saturated rings. The van der Waals surface area contributed by atoms with E-state index >= 15 is 0 Å². The molecule has 1 aromatic carbocycles. The van der Waals surface area contributed by atoms with Crippen LogP contribution in [-0.2, 0) is 6.18 Å². The number of hydrogen-bond donors (Lipinski definition) is 1. The van der Waals surface area contributed by atoms with Crippen molar-refractivity contribution in [3.05, 3.63) is 28.3 Å². The molecular formula is C18H25F3N2O2. The zero-order valence-electron chi connectivity index (χ0n) is 15.1. The molecule has 2 rings (SSSR count). The van der Waals surface area contributed by atoms with E-state index in [0.29, 0.717) is 17.8 Å². The van der Waals surface area contributed by atoms with E-state index in [4.69, 9.17) is 0 Å². The number of aromatic carboxylic acids is 1. The fourth-order valence-corrected chi connectivity index (χ4v) is 3.75. The molecule has 1 aromatic rings. The lowest BCUT2D eigenvalue weighted by molar-refractivity contribution is -0.138. The molecule has 4 nitrogen and oxygen atoms in total. The quantitative estimate of drug-likeness (QED) is 0.885. The van der Waals surface area contributed by atoms with Gasteiger partial charge in [0.25, 0.3) is 0 Å². The van der Waals surface area contributed by atoms with Crippen LogP contribution in [0.1, 0.15) is 46.8 Å². The van der Waals surface area contributed by atoms with E-state index in [1.807, 2.05) is 18.9 Å². The molecule has 140 valence electrons. The number of halogens is 3. The van der Waals surface area contributed by atoms with Gasteiger partial charge >= 0.3 is 12.1 Å². The maximum Gasteiger partial charge on any atom is 0.416 e. The van der Waals surface area contributed by atoms with Gasteiger partial charge < -0.3 is 14.9 Å². The Kier molecular flexibility index (Phi) is 5.66. The Balaban J connectivity index is 2.61. The minimum Gasteiger partial charge on any atom is -0.478 e. The number of benzene rings is 1. The number of rotatable bonds is 4. The lowest BCUT2D eigenvalue weighted by atomic mass is 9.93. The summed E-state index contributed by atoms with van der Waals surface area (Å²) in [6, 6.07) is 0.877. The van der Waals surface area contributed by atoms with Gasteiger partial charge in [0.05, 0.1) is 11.1 Å². The normalized spacial score (nSPS) is 16.9. The number of likely N-dealkylation sites (tertiary alicyclic amines) is 1. The largest absolute Gasteiger partial charge is 0.478 e.